The Kier molecular flexibility index (Phi) is 7.73. The Labute approximate surface area is 165 Å². The summed E-state index contributed by atoms with van der Waals surface area (Å²) >= 11 is 0. The van der Waals surface area contributed by atoms with Crippen molar-refractivity contribution in [3.8, 4) is 11.8 Å². The number of benzene rings is 1. The maximum absolute atomic E-state index is 12.9. The zero-order chi connectivity index (χ0) is 20.5. The molecule has 2 amide bonds. The van der Waals surface area contributed by atoms with Gasteiger partial charge in [-0.05, 0) is 49.6 Å². The van der Waals surface area contributed by atoms with Crippen molar-refractivity contribution in [2.75, 3.05) is 26.4 Å². The van der Waals surface area contributed by atoms with E-state index < -0.39 is 11.8 Å². The second-order valence-corrected chi connectivity index (χ2v) is 6.15. The lowest BCUT2D eigenvalue weighted by atomic mass is 9.93. The van der Waals surface area contributed by atoms with Crippen molar-refractivity contribution in [3.63, 3.8) is 0 Å². The predicted molar refractivity (Wildman–Crippen MR) is 106 cm³/mol. The molecule has 0 saturated heterocycles. The summed E-state index contributed by atoms with van der Waals surface area (Å²) in [7, 11) is 0. The molecule has 6 heteroatoms. The van der Waals surface area contributed by atoms with Gasteiger partial charge >= 0.3 is 0 Å². The highest BCUT2D eigenvalue weighted by Gasteiger charge is 2.34. The Morgan fingerprint density at radius 2 is 1.93 bits per heavy atom. The Morgan fingerprint density at radius 3 is 2.54 bits per heavy atom. The van der Waals surface area contributed by atoms with Crippen molar-refractivity contribution in [2.24, 2.45) is 0 Å². The third-order valence-electron chi connectivity index (χ3n) is 4.26. The summed E-state index contributed by atoms with van der Waals surface area (Å²) in [5, 5.41) is 9.41. The number of carbonyl (C=O) groups is 2. The van der Waals surface area contributed by atoms with Gasteiger partial charge in [-0.2, -0.15) is 5.26 Å². The Morgan fingerprint density at radius 1 is 1.21 bits per heavy atom. The SMILES string of the molecule is C=CCOc1ccc(/C=C2/C(=O)N(CCCOCC)C(=O)C(C#N)=C2C)cc1. The van der Waals surface area contributed by atoms with Crippen LogP contribution in [0.4, 0.5) is 0 Å². The molecule has 1 aliphatic heterocycles. The smallest absolute Gasteiger partial charge is 0.271 e. The van der Waals surface area contributed by atoms with E-state index in [1.54, 1.807) is 31.2 Å². The largest absolute Gasteiger partial charge is 0.490 e. The van der Waals surface area contributed by atoms with Crippen LogP contribution in [0.5, 0.6) is 5.75 Å². The lowest BCUT2D eigenvalue weighted by molar-refractivity contribution is -0.140. The van der Waals surface area contributed by atoms with Gasteiger partial charge in [0.1, 0.15) is 24.0 Å². The molecule has 1 aliphatic rings. The highest BCUT2D eigenvalue weighted by atomic mass is 16.5. The summed E-state index contributed by atoms with van der Waals surface area (Å²) in [5.74, 6) is -0.258. The highest BCUT2D eigenvalue weighted by Crippen LogP contribution is 2.27. The third-order valence-corrected chi connectivity index (χ3v) is 4.26. The monoisotopic (exact) mass is 380 g/mol. The lowest BCUT2D eigenvalue weighted by Crippen LogP contribution is -2.43. The fourth-order valence-corrected chi connectivity index (χ4v) is 2.78. The fourth-order valence-electron chi connectivity index (χ4n) is 2.78. The van der Waals surface area contributed by atoms with Crippen LogP contribution < -0.4 is 4.74 Å². The number of hydrogen-bond acceptors (Lipinski definition) is 5. The molecule has 6 nitrogen and oxygen atoms in total. The Balaban J connectivity index is 2.30. The van der Waals surface area contributed by atoms with Crippen LogP contribution in [0.3, 0.4) is 0 Å². The molecule has 0 saturated carbocycles. The fraction of sp³-hybridized carbons (Fsp3) is 0.318. The van der Waals surface area contributed by atoms with Crippen LogP contribution in [0.15, 0.2) is 53.6 Å². The number of carbonyl (C=O) groups excluding carboxylic acids is 2. The van der Waals surface area contributed by atoms with Gasteiger partial charge in [-0.1, -0.05) is 24.8 Å². The molecule has 0 radical (unpaired) electrons. The van der Waals surface area contributed by atoms with E-state index in [1.165, 1.54) is 0 Å². The van der Waals surface area contributed by atoms with E-state index in [0.29, 0.717) is 43.1 Å². The van der Waals surface area contributed by atoms with E-state index in [1.807, 2.05) is 25.1 Å². The van der Waals surface area contributed by atoms with Gasteiger partial charge in [0, 0.05) is 25.3 Å². The van der Waals surface area contributed by atoms with E-state index in [0.717, 1.165) is 10.5 Å². The minimum absolute atomic E-state index is 0.00630. The van der Waals surface area contributed by atoms with E-state index in [9.17, 15) is 14.9 Å². The van der Waals surface area contributed by atoms with Crippen LogP contribution in [0, 0.1) is 11.3 Å². The number of ether oxygens (including phenoxy) is 2. The van der Waals surface area contributed by atoms with Gasteiger partial charge in [0.2, 0.25) is 0 Å². The summed E-state index contributed by atoms with van der Waals surface area (Å²) in [6.07, 6.45) is 3.87. The highest BCUT2D eigenvalue weighted by molar-refractivity contribution is 6.19. The summed E-state index contributed by atoms with van der Waals surface area (Å²) in [6.45, 7) is 8.75. The number of nitriles is 1. The van der Waals surface area contributed by atoms with Crippen LogP contribution in [0.25, 0.3) is 6.08 Å². The molecule has 28 heavy (non-hydrogen) atoms. The van der Waals surface area contributed by atoms with E-state index in [-0.39, 0.29) is 12.1 Å². The van der Waals surface area contributed by atoms with Crippen LogP contribution in [0.1, 0.15) is 25.8 Å². The lowest BCUT2D eigenvalue weighted by Gasteiger charge is -2.27. The number of nitrogens with zero attached hydrogens (tertiary/aromatic N) is 2. The molecule has 0 aromatic heterocycles. The van der Waals surface area contributed by atoms with Gasteiger partial charge in [0.25, 0.3) is 11.8 Å². The Bertz CT molecular complexity index is 844. The topological polar surface area (TPSA) is 79.6 Å². The predicted octanol–water partition coefficient (Wildman–Crippen LogP) is 3.27. The van der Waals surface area contributed by atoms with Gasteiger partial charge in [0.05, 0.1) is 0 Å². The molecule has 0 N–H and O–H groups in total. The number of amides is 2. The maximum Gasteiger partial charge on any atom is 0.271 e. The molecule has 2 rings (SSSR count). The van der Waals surface area contributed by atoms with E-state index in [2.05, 4.69) is 6.58 Å². The van der Waals surface area contributed by atoms with Crippen LogP contribution in [0.2, 0.25) is 0 Å². The zero-order valence-corrected chi connectivity index (χ0v) is 16.2. The number of hydrogen-bond donors (Lipinski definition) is 0. The minimum Gasteiger partial charge on any atom is -0.490 e. The summed E-state index contributed by atoms with van der Waals surface area (Å²) in [4.78, 5) is 26.5. The van der Waals surface area contributed by atoms with Crippen molar-refractivity contribution in [1.29, 1.82) is 5.26 Å². The standard InChI is InChI=1S/C22H24N2O4/c1-4-12-28-18-9-7-17(8-10-18)14-19-16(3)20(15-23)22(26)24(21(19)25)11-6-13-27-5-2/h4,7-10,14H,1,5-6,11-13H2,2-3H3/b19-14+. The minimum atomic E-state index is -0.549. The number of imide groups is 1. The van der Waals surface area contributed by atoms with Crippen LogP contribution in [-0.4, -0.2) is 43.1 Å². The first-order valence-electron chi connectivity index (χ1n) is 9.14. The molecule has 0 unspecified atom stereocenters. The second-order valence-electron chi connectivity index (χ2n) is 6.15. The van der Waals surface area contributed by atoms with Crippen molar-refractivity contribution in [3.05, 3.63) is 59.2 Å². The molecule has 1 heterocycles. The molecule has 0 fully saturated rings. The first-order chi connectivity index (χ1) is 13.5. The third kappa shape index (κ3) is 4.96. The average molecular weight is 380 g/mol. The van der Waals surface area contributed by atoms with Gasteiger partial charge in [-0.25, -0.2) is 0 Å². The first kappa shape index (κ1) is 21.1. The average Bonchev–Trinajstić information content (AvgIpc) is 2.70. The second kappa shape index (κ2) is 10.2. The van der Waals surface area contributed by atoms with Crippen molar-refractivity contribution >= 4 is 17.9 Å². The van der Waals surface area contributed by atoms with E-state index >= 15 is 0 Å². The summed E-state index contributed by atoms with van der Waals surface area (Å²) in [5.41, 5.74) is 1.50. The molecular weight excluding hydrogens is 356 g/mol. The number of rotatable bonds is 9. The summed E-state index contributed by atoms with van der Waals surface area (Å²) < 4.78 is 10.7. The molecule has 1 aromatic rings. The van der Waals surface area contributed by atoms with E-state index in [4.69, 9.17) is 9.47 Å². The van der Waals surface area contributed by atoms with Gasteiger partial charge < -0.3 is 9.47 Å². The van der Waals surface area contributed by atoms with Gasteiger partial charge in [0.15, 0.2) is 0 Å². The van der Waals surface area contributed by atoms with Gasteiger partial charge in [-0.3, -0.25) is 14.5 Å². The maximum atomic E-state index is 12.9. The normalized spacial score (nSPS) is 15.8. The summed E-state index contributed by atoms with van der Waals surface area (Å²) in [6, 6.07) is 9.15. The van der Waals surface area contributed by atoms with Crippen molar-refractivity contribution in [2.45, 2.75) is 20.3 Å². The molecular formula is C22H24N2O4. The first-order valence-corrected chi connectivity index (χ1v) is 9.14. The van der Waals surface area contributed by atoms with Crippen LogP contribution >= 0.6 is 0 Å². The molecule has 0 aliphatic carbocycles. The molecule has 0 spiro atoms. The molecule has 0 bridgehead atoms. The van der Waals surface area contributed by atoms with Crippen molar-refractivity contribution in [1.82, 2.24) is 4.90 Å². The zero-order valence-electron chi connectivity index (χ0n) is 16.2. The molecule has 0 atom stereocenters. The Hall–Kier alpha value is -3.17. The quantitative estimate of drug-likeness (QED) is 0.284. The van der Waals surface area contributed by atoms with Gasteiger partial charge in [-0.15, -0.1) is 0 Å². The molecule has 1 aromatic carbocycles. The van der Waals surface area contributed by atoms with Crippen LogP contribution in [-0.2, 0) is 14.3 Å². The molecule has 146 valence electrons. The van der Waals surface area contributed by atoms with Crippen molar-refractivity contribution < 1.29 is 19.1 Å².